The molecule has 1 aliphatic heterocycles. The normalized spacial score (nSPS) is 14.1. The Labute approximate surface area is 190 Å². The number of methoxy groups -OCH3 is 1. The van der Waals surface area contributed by atoms with E-state index in [0.29, 0.717) is 18.0 Å². The highest BCUT2D eigenvalue weighted by atomic mass is 35.5. The van der Waals surface area contributed by atoms with Gasteiger partial charge in [-0.2, -0.15) is 0 Å². The first-order chi connectivity index (χ1) is 14.6. The number of ether oxygens (including phenoxy) is 1. The molecule has 1 heterocycles. The molecule has 3 rings (SSSR count). The van der Waals surface area contributed by atoms with Crippen molar-refractivity contribution in [3.8, 4) is 5.75 Å². The van der Waals surface area contributed by atoms with Crippen molar-refractivity contribution in [2.45, 2.75) is 6.42 Å². The minimum Gasteiger partial charge on any atom is -0.494 e. The number of nitrogens with one attached hydrogen (secondary N) is 1. The van der Waals surface area contributed by atoms with Gasteiger partial charge in [0, 0.05) is 44.9 Å². The molecule has 170 valence electrons. The number of benzene rings is 2. The summed E-state index contributed by atoms with van der Waals surface area (Å²) in [5.74, 6) is 0.329. The fourth-order valence-corrected chi connectivity index (χ4v) is 3.67. The molecule has 0 saturated carbocycles. The number of hydrogen-bond donors (Lipinski definition) is 1. The molecule has 1 amide bonds. The number of rotatable bonds is 9. The van der Waals surface area contributed by atoms with Crippen molar-refractivity contribution in [2.75, 3.05) is 65.0 Å². The third-order valence-corrected chi connectivity index (χ3v) is 5.40. The molecule has 0 aliphatic carbocycles. The van der Waals surface area contributed by atoms with Crippen LogP contribution in [0.25, 0.3) is 0 Å². The van der Waals surface area contributed by atoms with Crippen molar-refractivity contribution in [3.05, 3.63) is 59.9 Å². The maximum atomic E-state index is 13.4. The Bertz CT molecular complexity index is 816. The standard InChI is InChI=1S/C23H31FN4O2.ClH/c1-26(23(29)19-7-4-3-5-8-19)18-25-11-6-12-27-13-15-28(16-14-27)21-10-9-20(24)17-22(21)30-2;/h3-5,7-10,17,25H,6,11-16,18H2,1-2H3;1H. The summed E-state index contributed by atoms with van der Waals surface area (Å²) in [7, 11) is 3.39. The summed E-state index contributed by atoms with van der Waals surface area (Å²) in [6.45, 7) is 6.12. The van der Waals surface area contributed by atoms with E-state index >= 15 is 0 Å². The molecular formula is C23H32ClFN4O2. The van der Waals surface area contributed by atoms with E-state index < -0.39 is 0 Å². The minimum atomic E-state index is -0.280. The lowest BCUT2D eigenvalue weighted by atomic mass is 10.2. The highest BCUT2D eigenvalue weighted by Crippen LogP contribution is 2.29. The van der Waals surface area contributed by atoms with Crippen molar-refractivity contribution >= 4 is 24.0 Å². The third-order valence-electron chi connectivity index (χ3n) is 5.40. The molecule has 1 N–H and O–H groups in total. The summed E-state index contributed by atoms with van der Waals surface area (Å²) >= 11 is 0. The van der Waals surface area contributed by atoms with Gasteiger partial charge >= 0.3 is 0 Å². The Kier molecular flexibility index (Phi) is 10.0. The second-order valence-corrected chi connectivity index (χ2v) is 7.53. The zero-order chi connectivity index (χ0) is 21.3. The van der Waals surface area contributed by atoms with Crippen molar-refractivity contribution in [2.24, 2.45) is 0 Å². The molecular weight excluding hydrogens is 419 g/mol. The molecule has 1 aliphatic rings. The monoisotopic (exact) mass is 450 g/mol. The van der Waals surface area contributed by atoms with Crippen LogP contribution < -0.4 is 15.0 Å². The summed E-state index contributed by atoms with van der Waals surface area (Å²) in [4.78, 5) is 18.7. The lowest BCUT2D eigenvalue weighted by Gasteiger charge is -2.36. The molecule has 0 spiro atoms. The molecule has 1 fully saturated rings. The van der Waals surface area contributed by atoms with Gasteiger partial charge in [-0.3, -0.25) is 15.0 Å². The van der Waals surface area contributed by atoms with E-state index in [-0.39, 0.29) is 24.1 Å². The fraction of sp³-hybridized carbons (Fsp3) is 0.435. The van der Waals surface area contributed by atoms with Crippen LogP contribution in [0.15, 0.2) is 48.5 Å². The predicted octanol–water partition coefficient (Wildman–Crippen LogP) is 3.09. The van der Waals surface area contributed by atoms with Crippen LogP contribution in [0.4, 0.5) is 10.1 Å². The van der Waals surface area contributed by atoms with Crippen molar-refractivity contribution < 1.29 is 13.9 Å². The van der Waals surface area contributed by atoms with Gasteiger partial charge in [0.1, 0.15) is 11.6 Å². The number of carbonyl (C=O) groups excluding carboxylic acids is 1. The number of anilines is 1. The van der Waals surface area contributed by atoms with E-state index in [2.05, 4.69) is 15.1 Å². The molecule has 8 heteroatoms. The van der Waals surface area contributed by atoms with Crippen molar-refractivity contribution in [3.63, 3.8) is 0 Å². The van der Waals surface area contributed by atoms with Gasteiger partial charge in [0.15, 0.2) is 0 Å². The average molecular weight is 451 g/mol. The number of amides is 1. The number of hydrogen-bond acceptors (Lipinski definition) is 5. The van der Waals surface area contributed by atoms with E-state index in [9.17, 15) is 9.18 Å². The largest absolute Gasteiger partial charge is 0.494 e. The molecule has 6 nitrogen and oxygen atoms in total. The predicted molar refractivity (Wildman–Crippen MR) is 125 cm³/mol. The third kappa shape index (κ3) is 7.09. The smallest absolute Gasteiger partial charge is 0.254 e. The summed E-state index contributed by atoms with van der Waals surface area (Å²) in [6, 6.07) is 14.0. The quantitative estimate of drug-likeness (QED) is 0.470. The number of nitrogens with zero attached hydrogens (tertiary/aromatic N) is 3. The van der Waals surface area contributed by atoms with Crippen LogP contribution in [0.1, 0.15) is 16.8 Å². The Balaban J connectivity index is 0.00000341. The molecule has 0 bridgehead atoms. The maximum Gasteiger partial charge on any atom is 0.254 e. The topological polar surface area (TPSA) is 48.1 Å². The van der Waals surface area contributed by atoms with Gasteiger partial charge in [0.05, 0.1) is 19.5 Å². The number of carbonyl (C=O) groups is 1. The molecule has 1 saturated heterocycles. The Hall–Kier alpha value is -2.35. The molecule has 0 aromatic heterocycles. The summed E-state index contributed by atoms with van der Waals surface area (Å²) in [5.41, 5.74) is 1.66. The first kappa shape index (κ1) is 24.9. The van der Waals surface area contributed by atoms with E-state index in [1.807, 2.05) is 37.4 Å². The lowest BCUT2D eigenvalue weighted by Crippen LogP contribution is -2.47. The van der Waals surface area contributed by atoms with Crippen LogP contribution in [-0.4, -0.2) is 75.8 Å². The van der Waals surface area contributed by atoms with Gasteiger partial charge in [-0.25, -0.2) is 4.39 Å². The molecule has 31 heavy (non-hydrogen) atoms. The first-order valence-electron chi connectivity index (χ1n) is 10.4. The number of halogens is 2. The van der Waals surface area contributed by atoms with Crippen LogP contribution in [0.3, 0.4) is 0 Å². The zero-order valence-corrected chi connectivity index (χ0v) is 19.0. The fourth-order valence-electron chi connectivity index (χ4n) is 3.67. The van der Waals surface area contributed by atoms with E-state index in [1.165, 1.54) is 12.1 Å². The minimum absolute atomic E-state index is 0. The van der Waals surface area contributed by atoms with Gasteiger partial charge in [-0.1, -0.05) is 18.2 Å². The van der Waals surface area contributed by atoms with Gasteiger partial charge < -0.3 is 14.5 Å². The van der Waals surface area contributed by atoms with Gasteiger partial charge in [0.2, 0.25) is 0 Å². The SMILES string of the molecule is COc1cc(F)ccc1N1CCN(CCCNCN(C)C(=O)c2ccccc2)CC1.Cl. The van der Waals surface area contributed by atoms with Crippen LogP contribution in [0.5, 0.6) is 5.75 Å². The lowest BCUT2D eigenvalue weighted by molar-refractivity contribution is 0.0783. The second-order valence-electron chi connectivity index (χ2n) is 7.53. The van der Waals surface area contributed by atoms with E-state index in [0.717, 1.165) is 51.4 Å². The second kappa shape index (κ2) is 12.5. The van der Waals surface area contributed by atoms with Crippen LogP contribution in [0, 0.1) is 5.82 Å². The average Bonchev–Trinajstić information content (AvgIpc) is 2.79. The van der Waals surface area contributed by atoms with Crippen LogP contribution in [-0.2, 0) is 0 Å². The number of piperazine rings is 1. The first-order valence-corrected chi connectivity index (χ1v) is 10.4. The highest BCUT2D eigenvalue weighted by Gasteiger charge is 2.19. The summed E-state index contributed by atoms with van der Waals surface area (Å²) < 4.78 is 18.7. The van der Waals surface area contributed by atoms with Gasteiger partial charge in [-0.15, -0.1) is 12.4 Å². The Morgan fingerprint density at radius 2 is 1.84 bits per heavy atom. The van der Waals surface area contributed by atoms with Crippen LogP contribution >= 0.6 is 12.4 Å². The Morgan fingerprint density at radius 3 is 2.52 bits per heavy atom. The summed E-state index contributed by atoms with van der Waals surface area (Å²) in [5, 5.41) is 3.35. The molecule has 0 unspecified atom stereocenters. The van der Waals surface area contributed by atoms with E-state index in [1.54, 1.807) is 18.1 Å². The van der Waals surface area contributed by atoms with Crippen LogP contribution in [0.2, 0.25) is 0 Å². The van der Waals surface area contributed by atoms with Gasteiger partial charge in [-0.05, 0) is 43.8 Å². The zero-order valence-electron chi connectivity index (χ0n) is 18.2. The van der Waals surface area contributed by atoms with E-state index in [4.69, 9.17) is 4.74 Å². The molecule has 0 radical (unpaired) electrons. The van der Waals surface area contributed by atoms with Crippen molar-refractivity contribution in [1.29, 1.82) is 0 Å². The summed E-state index contributed by atoms with van der Waals surface area (Å²) in [6.07, 6.45) is 1.02. The molecule has 0 atom stereocenters. The Morgan fingerprint density at radius 1 is 1.13 bits per heavy atom. The molecule has 2 aromatic carbocycles. The van der Waals surface area contributed by atoms with Gasteiger partial charge in [0.25, 0.3) is 5.91 Å². The molecule has 2 aromatic rings. The maximum absolute atomic E-state index is 13.4. The highest BCUT2D eigenvalue weighted by molar-refractivity contribution is 5.93. The van der Waals surface area contributed by atoms with Crippen molar-refractivity contribution in [1.82, 2.24) is 15.1 Å².